The van der Waals surface area contributed by atoms with Gasteiger partial charge in [-0.2, -0.15) is 0 Å². The van der Waals surface area contributed by atoms with Crippen molar-refractivity contribution in [2.24, 2.45) is 0 Å². The Bertz CT molecular complexity index is 573. The molecule has 0 bridgehead atoms. The first kappa shape index (κ1) is 18.8. The maximum Gasteiger partial charge on any atom is 0.145 e. The summed E-state index contributed by atoms with van der Waals surface area (Å²) in [6.07, 6.45) is 0. The molecule has 1 saturated heterocycles. The van der Waals surface area contributed by atoms with Gasteiger partial charge in [0.2, 0.25) is 0 Å². The van der Waals surface area contributed by atoms with E-state index in [1.807, 2.05) is 5.51 Å². The summed E-state index contributed by atoms with van der Waals surface area (Å²) < 4.78 is 11.0. The highest BCUT2D eigenvalue weighted by molar-refractivity contribution is 9.10. The van der Waals surface area contributed by atoms with Crippen LogP contribution >= 0.6 is 38.6 Å². The quantitative estimate of drug-likeness (QED) is 0.802. The number of nitrogens with one attached hydrogen (secondary N) is 1. The second-order valence-corrected chi connectivity index (χ2v) is 7.40. The number of nitrogens with zero attached hydrogens (tertiary/aromatic N) is 3. The van der Waals surface area contributed by atoms with Gasteiger partial charge in [0.25, 0.3) is 0 Å². The van der Waals surface area contributed by atoms with Gasteiger partial charge < -0.3 is 19.7 Å². The topological polar surface area (TPSA) is 59.5 Å². The lowest BCUT2D eigenvalue weighted by Gasteiger charge is -2.28. The fraction of sp³-hybridized carbons (Fsp3) is 0.571. The van der Waals surface area contributed by atoms with Crippen LogP contribution in [0.5, 0.6) is 0 Å². The zero-order chi connectivity index (χ0) is 16.5. The summed E-state index contributed by atoms with van der Waals surface area (Å²) in [6, 6.07) is 0. The highest BCUT2D eigenvalue weighted by atomic mass is 79.9. The summed E-state index contributed by atoms with van der Waals surface area (Å²) in [4.78, 5) is 13.1. The van der Waals surface area contributed by atoms with Crippen LogP contribution in [0, 0.1) is 0 Å². The van der Waals surface area contributed by atoms with Crippen LogP contribution in [0.4, 0.5) is 5.82 Å². The highest BCUT2D eigenvalue weighted by Crippen LogP contribution is 2.23. The van der Waals surface area contributed by atoms with Gasteiger partial charge in [-0.25, -0.2) is 9.97 Å². The molecule has 1 fully saturated rings. The van der Waals surface area contributed by atoms with E-state index in [-0.39, 0.29) is 0 Å². The van der Waals surface area contributed by atoms with Crippen LogP contribution in [0.1, 0.15) is 9.75 Å². The SMILES string of the molecule is COCc1scnc1Br.COCc1scnc1N1CCNCC1. The summed E-state index contributed by atoms with van der Waals surface area (Å²) in [5, 5.41) is 3.33. The normalized spacial score (nSPS) is 14.5. The summed E-state index contributed by atoms with van der Waals surface area (Å²) in [6.45, 7) is 5.49. The van der Waals surface area contributed by atoms with Gasteiger partial charge in [0, 0.05) is 40.4 Å². The van der Waals surface area contributed by atoms with Crippen molar-refractivity contribution >= 4 is 44.4 Å². The largest absolute Gasteiger partial charge is 0.379 e. The Balaban J connectivity index is 0.000000185. The van der Waals surface area contributed by atoms with E-state index < -0.39 is 0 Å². The molecule has 0 amide bonds. The third-order valence-corrected chi connectivity index (χ3v) is 5.73. The van der Waals surface area contributed by atoms with Crippen LogP contribution in [-0.4, -0.2) is 50.4 Å². The number of piperazine rings is 1. The minimum absolute atomic E-state index is 0.644. The van der Waals surface area contributed by atoms with Crippen molar-refractivity contribution in [3.05, 3.63) is 25.4 Å². The minimum atomic E-state index is 0.644. The van der Waals surface area contributed by atoms with Crippen molar-refractivity contribution in [1.82, 2.24) is 15.3 Å². The van der Waals surface area contributed by atoms with E-state index in [0.29, 0.717) is 13.2 Å². The zero-order valence-electron chi connectivity index (χ0n) is 13.2. The molecule has 3 heterocycles. The monoisotopic (exact) mass is 420 g/mol. The van der Waals surface area contributed by atoms with Crippen LogP contribution in [-0.2, 0) is 22.7 Å². The molecular weight excluding hydrogens is 400 g/mol. The molecule has 2 aromatic heterocycles. The molecule has 9 heteroatoms. The summed E-state index contributed by atoms with van der Waals surface area (Å²) in [5.74, 6) is 1.11. The molecular formula is C14H21BrN4O2S2. The van der Waals surface area contributed by atoms with Gasteiger partial charge >= 0.3 is 0 Å². The first-order valence-electron chi connectivity index (χ1n) is 7.20. The van der Waals surface area contributed by atoms with E-state index in [4.69, 9.17) is 9.47 Å². The molecule has 6 nitrogen and oxygen atoms in total. The van der Waals surface area contributed by atoms with Gasteiger partial charge in [-0.3, -0.25) is 0 Å². The fourth-order valence-corrected chi connectivity index (χ4v) is 4.12. The standard InChI is InChI=1S/C9H15N3OS.C5H6BrNOS/c1-13-6-8-9(11-7-14-8)12-4-2-10-3-5-12;1-8-2-4-5(6)7-3-9-4/h7,10H,2-6H2,1H3;3H,2H2,1H3. The highest BCUT2D eigenvalue weighted by Gasteiger charge is 2.16. The summed E-state index contributed by atoms with van der Waals surface area (Å²) in [5.41, 5.74) is 3.68. The molecule has 0 aliphatic carbocycles. The first-order valence-corrected chi connectivity index (χ1v) is 9.75. The Morgan fingerprint density at radius 3 is 2.30 bits per heavy atom. The maximum absolute atomic E-state index is 5.15. The summed E-state index contributed by atoms with van der Waals surface area (Å²) >= 11 is 6.55. The lowest BCUT2D eigenvalue weighted by atomic mass is 10.3. The molecule has 1 aliphatic heterocycles. The molecule has 23 heavy (non-hydrogen) atoms. The maximum atomic E-state index is 5.15. The van der Waals surface area contributed by atoms with Crippen LogP contribution in [0.3, 0.4) is 0 Å². The van der Waals surface area contributed by atoms with Gasteiger partial charge in [0.1, 0.15) is 10.4 Å². The Labute approximate surface area is 153 Å². The number of aromatic nitrogens is 2. The van der Waals surface area contributed by atoms with Gasteiger partial charge in [-0.1, -0.05) is 0 Å². The van der Waals surface area contributed by atoms with Gasteiger partial charge in [-0.15, -0.1) is 22.7 Å². The number of hydrogen-bond donors (Lipinski definition) is 1. The van der Waals surface area contributed by atoms with Gasteiger partial charge in [0.15, 0.2) is 0 Å². The third kappa shape index (κ3) is 5.77. The molecule has 0 spiro atoms. The lowest BCUT2D eigenvalue weighted by molar-refractivity contribution is 0.187. The van der Waals surface area contributed by atoms with Gasteiger partial charge in [0.05, 0.1) is 34.0 Å². The van der Waals surface area contributed by atoms with Crippen LogP contribution < -0.4 is 10.2 Å². The van der Waals surface area contributed by atoms with Crippen molar-refractivity contribution in [3.8, 4) is 0 Å². The number of ether oxygens (including phenoxy) is 2. The molecule has 0 saturated carbocycles. The molecule has 0 aromatic carbocycles. The predicted octanol–water partition coefficient (Wildman–Crippen LogP) is 2.75. The second-order valence-electron chi connectivity index (χ2n) is 4.77. The second kappa shape index (κ2) is 10.3. The Hall–Kier alpha value is -0.580. The molecule has 1 N–H and O–H groups in total. The Kier molecular flexibility index (Phi) is 8.41. The Morgan fingerprint density at radius 1 is 1.09 bits per heavy atom. The van der Waals surface area contributed by atoms with Crippen molar-refractivity contribution in [1.29, 1.82) is 0 Å². The van der Waals surface area contributed by atoms with E-state index in [1.54, 1.807) is 42.4 Å². The van der Waals surface area contributed by atoms with Crippen molar-refractivity contribution in [2.75, 3.05) is 45.3 Å². The summed E-state index contributed by atoms with van der Waals surface area (Å²) in [7, 11) is 3.40. The van der Waals surface area contributed by atoms with E-state index >= 15 is 0 Å². The number of thiazole rings is 2. The molecule has 1 aliphatic rings. The molecule has 0 atom stereocenters. The van der Waals surface area contributed by atoms with Crippen molar-refractivity contribution < 1.29 is 9.47 Å². The third-order valence-electron chi connectivity index (χ3n) is 3.18. The van der Waals surface area contributed by atoms with Gasteiger partial charge in [-0.05, 0) is 15.9 Å². The smallest absolute Gasteiger partial charge is 0.145 e. The Morgan fingerprint density at radius 2 is 1.70 bits per heavy atom. The molecule has 2 aromatic rings. The molecule has 3 rings (SSSR count). The lowest BCUT2D eigenvalue weighted by Crippen LogP contribution is -2.44. The predicted molar refractivity (Wildman–Crippen MR) is 98.4 cm³/mol. The number of rotatable bonds is 5. The van der Waals surface area contributed by atoms with E-state index in [1.165, 1.54) is 4.88 Å². The van der Waals surface area contributed by atoms with Crippen LogP contribution in [0.25, 0.3) is 0 Å². The average molecular weight is 421 g/mol. The van der Waals surface area contributed by atoms with Crippen LogP contribution in [0.2, 0.25) is 0 Å². The van der Waals surface area contributed by atoms with E-state index in [2.05, 4.69) is 36.1 Å². The average Bonchev–Trinajstić information content (AvgIpc) is 3.19. The minimum Gasteiger partial charge on any atom is -0.379 e. The van der Waals surface area contributed by atoms with Crippen molar-refractivity contribution in [3.63, 3.8) is 0 Å². The van der Waals surface area contributed by atoms with E-state index in [0.717, 1.165) is 41.5 Å². The van der Waals surface area contributed by atoms with Crippen LogP contribution in [0.15, 0.2) is 15.6 Å². The number of halogens is 1. The first-order chi connectivity index (χ1) is 11.3. The number of methoxy groups -OCH3 is 2. The fourth-order valence-electron chi connectivity index (χ4n) is 2.11. The van der Waals surface area contributed by atoms with Crippen molar-refractivity contribution in [2.45, 2.75) is 13.2 Å². The molecule has 0 unspecified atom stereocenters. The zero-order valence-corrected chi connectivity index (χ0v) is 16.5. The molecule has 0 radical (unpaired) electrons. The number of anilines is 1. The molecule has 128 valence electrons. The number of hydrogen-bond acceptors (Lipinski definition) is 8. The van der Waals surface area contributed by atoms with E-state index in [9.17, 15) is 0 Å².